The van der Waals surface area contributed by atoms with E-state index in [0.717, 1.165) is 50.2 Å². The molecule has 0 radical (unpaired) electrons. The van der Waals surface area contributed by atoms with Gasteiger partial charge < -0.3 is 20.1 Å². The zero-order valence-corrected chi connectivity index (χ0v) is 27.6. The predicted molar refractivity (Wildman–Crippen MR) is 171 cm³/mol. The molecule has 228 valence electrons. The molecule has 4 rings (SSSR count). The van der Waals surface area contributed by atoms with Crippen molar-refractivity contribution in [2.24, 2.45) is 5.41 Å². The maximum atomic E-state index is 6.22. The van der Waals surface area contributed by atoms with Crippen LogP contribution >= 0.6 is 0 Å². The topological polar surface area (TPSA) is 55.4 Å². The molecule has 5 heteroatoms. The quantitative estimate of drug-likeness (QED) is 0.274. The van der Waals surface area contributed by atoms with Crippen LogP contribution in [0.2, 0.25) is 0 Å². The molecule has 0 unspecified atom stereocenters. The van der Waals surface area contributed by atoms with Crippen molar-refractivity contribution in [3.05, 3.63) is 53.7 Å². The van der Waals surface area contributed by atoms with Gasteiger partial charge in [0.15, 0.2) is 0 Å². The Balaban J connectivity index is 1.14. The summed E-state index contributed by atoms with van der Waals surface area (Å²) in [4.78, 5) is 4.54. The fourth-order valence-electron chi connectivity index (χ4n) is 6.03. The van der Waals surface area contributed by atoms with Crippen molar-refractivity contribution in [2.45, 2.75) is 155 Å². The molecule has 41 heavy (non-hydrogen) atoms. The van der Waals surface area contributed by atoms with E-state index in [1.807, 2.05) is 12.3 Å². The number of nitrogens with one attached hydrogen (secondary N) is 2. The molecule has 0 aliphatic heterocycles. The van der Waals surface area contributed by atoms with E-state index in [1.54, 1.807) is 0 Å². The second kappa shape index (κ2) is 12.2. The molecule has 2 fully saturated rings. The molecule has 5 nitrogen and oxygen atoms in total. The van der Waals surface area contributed by atoms with Gasteiger partial charge in [0.25, 0.3) is 0 Å². The monoisotopic (exact) mass is 563 g/mol. The van der Waals surface area contributed by atoms with Crippen LogP contribution in [-0.4, -0.2) is 40.4 Å². The van der Waals surface area contributed by atoms with Crippen molar-refractivity contribution in [2.75, 3.05) is 0 Å². The van der Waals surface area contributed by atoms with Gasteiger partial charge in [0.2, 0.25) is 5.88 Å². The Hall–Kier alpha value is -2.11. The highest BCUT2D eigenvalue weighted by molar-refractivity contribution is 5.28. The lowest BCUT2D eigenvalue weighted by Crippen LogP contribution is -2.54. The fraction of sp³-hybridized carbons (Fsp3) is 0.694. The minimum atomic E-state index is 0.0969. The molecule has 1 aromatic heterocycles. The summed E-state index contributed by atoms with van der Waals surface area (Å²) < 4.78 is 12.4. The van der Waals surface area contributed by atoms with Crippen molar-refractivity contribution in [3.8, 4) is 11.6 Å². The van der Waals surface area contributed by atoms with Gasteiger partial charge in [-0.3, -0.25) is 0 Å². The van der Waals surface area contributed by atoms with Crippen LogP contribution in [0.1, 0.15) is 119 Å². The summed E-state index contributed by atoms with van der Waals surface area (Å²) in [7, 11) is 0. The molecule has 2 aliphatic rings. The third kappa shape index (κ3) is 9.99. The van der Waals surface area contributed by atoms with Crippen LogP contribution in [0.5, 0.6) is 11.6 Å². The third-order valence-corrected chi connectivity index (χ3v) is 8.65. The first-order chi connectivity index (χ1) is 18.9. The molecule has 1 aromatic carbocycles. The van der Waals surface area contributed by atoms with E-state index in [0.29, 0.717) is 18.2 Å². The van der Waals surface area contributed by atoms with Gasteiger partial charge in [-0.1, -0.05) is 52.8 Å². The Kier molecular flexibility index (Phi) is 9.50. The van der Waals surface area contributed by atoms with Crippen LogP contribution in [0.15, 0.2) is 42.6 Å². The van der Waals surface area contributed by atoms with Gasteiger partial charge in [-0.15, -0.1) is 0 Å². The largest absolute Gasteiger partial charge is 0.490 e. The average molecular weight is 564 g/mol. The smallest absolute Gasteiger partial charge is 0.213 e. The second-order valence-corrected chi connectivity index (χ2v) is 16.4. The van der Waals surface area contributed by atoms with Crippen LogP contribution in [0.25, 0.3) is 0 Å². The zero-order valence-electron chi connectivity index (χ0n) is 27.6. The molecule has 2 N–H and O–H groups in total. The molecule has 0 amide bonds. The lowest BCUT2D eigenvalue weighted by atomic mass is 9.77. The van der Waals surface area contributed by atoms with Crippen molar-refractivity contribution in [3.63, 3.8) is 0 Å². The number of ether oxygens (including phenoxy) is 2. The molecule has 2 saturated carbocycles. The first-order valence-corrected chi connectivity index (χ1v) is 15.9. The maximum Gasteiger partial charge on any atom is 0.213 e. The zero-order chi connectivity index (χ0) is 30.1. The Labute approximate surface area is 250 Å². The van der Waals surface area contributed by atoms with Gasteiger partial charge in [0.1, 0.15) is 18.0 Å². The molecular formula is C36H57N3O2. The van der Waals surface area contributed by atoms with Gasteiger partial charge in [-0.25, -0.2) is 4.98 Å². The van der Waals surface area contributed by atoms with Crippen LogP contribution in [0, 0.1) is 5.41 Å². The Morgan fingerprint density at radius 1 is 0.707 bits per heavy atom. The van der Waals surface area contributed by atoms with E-state index in [4.69, 9.17) is 9.47 Å². The molecular weight excluding hydrogens is 506 g/mol. The van der Waals surface area contributed by atoms with E-state index < -0.39 is 0 Å². The lowest BCUT2D eigenvalue weighted by Gasteiger charge is -2.42. The van der Waals surface area contributed by atoms with E-state index in [9.17, 15) is 0 Å². The highest BCUT2D eigenvalue weighted by atomic mass is 16.5. The number of hydrogen-bond donors (Lipinski definition) is 2. The van der Waals surface area contributed by atoms with Crippen LogP contribution in [0.4, 0.5) is 0 Å². The van der Waals surface area contributed by atoms with Crippen molar-refractivity contribution >= 4 is 0 Å². The molecule has 0 spiro atoms. The van der Waals surface area contributed by atoms with Gasteiger partial charge in [-0.05, 0) is 114 Å². The van der Waals surface area contributed by atoms with Gasteiger partial charge >= 0.3 is 0 Å². The molecule has 0 bridgehead atoms. The number of nitrogens with zero attached hydrogens (tertiary/aromatic N) is 1. The van der Waals surface area contributed by atoms with Gasteiger partial charge in [-0.2, -0.15) is 0 Å². The first kappa shape index (κ1) is 31.8. The number of hydrogen-bond acceptors (Lipinski definition) is 5. The summed E-state index contributed by atoms with van der Waals surface area (Å²) in [5.41, 5.74) is 3.23. The van der Waals surface area contributed by atoms with E-state index in [2.05, 4.69) is 115 Å². The molecule has 2 aromatic rings. The fourth-order valence-corrected chi connectivity index (χ4v) is 6.03. The van der Waals surface area contributed by atoms with Gasteiger partial charge in [0, 0.05) is 35.4 Å². The van der Waals surface area contributed by atoms with Crippen LogP contribution in [-0.2, 0) is 11.8 Å². The minimum absolute atomic E-state index is 0.0969. The standard InChI is InChI=1S/C36H57N3O2/c1-33(2,3)26-13-16-32(37-24-26)41-31-21-28(22-31)39-36(9,10)18-17-35(7,8)23-25-11-14-29(15-12-25)40-30-19-27(20-30)38-34(4,5)6/h11-16,24,27-28,30-31,38-39H,17-23H2,1-10H3. The average Bonchev–Trinajstić information content (AvgIpc) is 2.80. The molecule has 0 atom stereocenters. The number of benzene rings is 1. The summed E-state index contributed by atoms with van der Waals surface area (Å²) in [5.74, 6) is 1.74. The SMILES string of the molecule is CC(C)(CCC(C)(C)NC1CC(Oc2ccc(C(C)(C)C)cn2)C1)Cc1ccc(OC2CC(NC(C)(C)C)C2)cc1. The van der Waals surface area contributed by atoms with E-state index in [-0.39, 0.29) is 28.0 Å². The van der Waals surface area contributed by atoms with E-state index in [1.165, 1.54) is 17.5 Å². The van der Waals surface area contributed by atoms with Crippen molar-refractivity contribution < 1.29 is 9.47 Å². The highest BCUT2D eigenvalue weighted by Gasteiger charge is 2.36. The second-order valence-electron chi connectivity index (χ2n) is 16.4. The predicted octanol–water partition coefficient (Wildman–Crippen LogP) is 8.00. The number of pyridine rings is 1. The molecule has 0 saturated heterocycles. The summed E-state index contributed by atoms with van der Waals surface area (Å²) >= 11 is 0. The van der Waals surface area contributed by atoms with E-state index >= 15 is 0 Å². The number of aromatic nitrogens is 1. The van der Waals surface area contributed by atoms with Crippen LogP contribution < -0.4 is 20.1 Å². The summed E-state index contributed by atoms with van der Waals surface area (Å²) in [6.07, 6.45) is 10.2. The van der Waals surface area contributed by atoms with Crippen molar-refractivity contribution in [1.82, 2.24) is 15.6 Å². The first-order valence-electron chi connectivity index (χ1n) is 15.9. The summed E-state index contributed by atoms with van der Waals surface area (Å²) in [6, 6.07) is 14.1. The Morgan fingerprint density at radius 2 is 1.29 bits per heavy atom. The lowest BCUT2D eigenvalue weighted by molar-refractivity contribution is 0.0643. The van der Waals surface area contributed by atoms with Gasteiger partial charge in [0.05, 0.1) is 0 Å². The summed E-state index contributed by atoms with van der Waals surface area (Å²) in [5, 5.41) is 7.57. The Morgan fingerprint density at radius 3 is 1.83 bits per heavy atom. The number of rotatable bonds is 12. The van der Waals surface area contributed by atoms with Crippen molar-refractivity contribution in [1.29, 1.82) is 0 Å². The normalized spacial score (nSPS) is 23.5. The highest BCUT2D eigenvalue weighted by Crippen LogP contribution is 2.34. The molecule has 2 aliphatic carbocycles. The third-order valence-electron chi connectivity index (χ3n) is 8.65. The molecule has 1 heterocycles. The summed E-state index contributed by atoms with van der Waals surface area (Å²) in [6.45, 7) is 22.8. The Bertz CT molecular complexity index is 1100. The van der Waals surface area contributed by atoms with Crippen LogP contribution in [0.3, 0.4) is 0 Å². The maximum absolute atomic E-state index is 6.22. The minimum Gasteiger partial charge on any atom is -0.490 e.